The fraction of sp³-hybridized carbons (Fsp3) is 0.524. The van der Waals surface area contributed by atoms with Crippen LogP contribution in [0.15, 0.2) is 29.3 Å². The summed E-state index contributed by atoms with van der Waals surface area (Å²) >= 11 is 0. The molecule has 0 aliphatic carbocycles. The molecule has 0 bridgehead atoms. The summed E-state index contributed by atoms with van der Waals surface area (Å²) in [5.41, 5.74) is 0.648. The normalized spacial score (nSPS) is 16.0. The van der Waals surface area contributed by atoms with Crippen LogP contribution in [-0.2, 0) is 35.5 Å². The van der Waals surface area contributed by atoms with E-state index < -0.39 is 0 Å². The molecular weight excluding hydrogens is 401 g/mol. The molecular formula is C21H30FN7O2. The highest BCUT2D eigenvalue weighted by Gasteiger charge is 2.22. The van der Waals surface area contributed by atoms with E-state index in [1.807, 2.05) is 11.6 Å². The first kappa shape index (κ1) is 22.7. The number of halogens is 1. The van der Waals surface area contributed by atoms with Gasteiger partial charge in [-0.05, 0) is 31.0 Å². The van der Waals surface area contributed by atoms with Crippen LogP contribution in [0.2, 0.25) is 0 Å². The van der Waals surface area contributed by atoms with E-state index in [-0.39, 0.29) is 24.2 Å². The van der Waals surface area contributed by atoms with E-state index in [2.05, 4.69) is 31.0 Å². The molecule has 1 amide bonds. The van der Waals surface area contributed by atoms with Crippen LogP contribution in [0.1, 0.15) is 30.6 Å². The molecule has 2 heterocycles. The Balaban J connectivity index is 1.45. The van der Waals surface area contributed by atoms with Gasteiger partial charge in [0.25, 0.3) is 0 Å². The maximum Gasteiger partial charge on any atom is 0.224 e. The van der Waals surface area contributed by atoms with E-state index in [1.165, 1.54) is 12.1 Å². The lowest BCUT2D eigenvalue weighted by molar-refractivity contribution is -0.120. The third-order valence-corrected chi connectivity index (χ3v) is 4.82. The van der Waals surface area contributed by atoms with Gasteiger partial charge in [0.1, 0.15) is 18.2 Å². The SMILES string of the molecule is CCNC(=NCCNC(=O)Cc1cccc(F)c1)NC1CCc2nc(COC)nn2C1. The molecule has 0 radical (unpaired) electrons. The van der Waals surface area contributed by atoms with Crippen LogP contribution in [0.5, 0.6) is 0 Å². The minimum Gasteiger partial charge on any atom is -0.377 e. The number of amides is 1. The van der Waals surface area contributed by atoms with E-state index in [1.54, 1.807) is 19.2 Å². The van der Waals surface area contributed by atoms with Crippen molar-refractivity contribution in [3.8, 4) is 0 Å². The lowest BCUT2D eigenvalue weighted by Gasteiger charge is -2.25. The Morgan fingerprint density at radius 3 is 3.03 bits per heavy atom. The number of fused-ring (bicyclic) bond motifs is 1. The summed E-state index contributed by atoms with van der Waals surface area (Å²) in [6.07, 6.45) is 1.91. The quantitative estimate of drug-likeness (QED) is 0.308. The Morgan fingerprint density at radius 2 is 2.26 bits per heavy atom. The molecule has 0 saturated carbocycles. The van der Waals surface area contributed by atoms with Gasteiger partial charge in [-0.1, -0.05) is 12.1 Å². The number of ether oxygens (including phenoxy) is 1. The van der Waals surface area contributed by atoms with Gasteiger partial charge in [-0.25, -0.2) is 14.1 Å². The third kappa shape index (κ3) is 7.02. The van der Waals surface area contributed by atoms with Crippen LogP contribution in [0, 0.1) is 5.82 Å². The number of aryl methyl sites for hydroxylation is 1. The zero-order valence-corrected chi connectivity index (χ0v) is 18.0. The summed E-state index contributed by atoms with van der Waals surface area (Å²) in [6, 6.07) is 6.25. The highest BCUT2D eigenvalue weighted by Crippen LogP contribution is 2.13. The molecule has 10 heteroatoms. The third-order valence-electron chi connectivity index (χ3n) is 4.82. The molecule has 1 unspecified atom stereocenters. The minimum atomic E-state index is -0.341. The number of aliphatic imine (C=N–C) groups is 1. The van der Waals surface area contributed by atoms with Crippen LogP contribution in [-0.4, -0.2) is 59.4 Å². The van der Waals surface area contributed by atoms with Gasteiger partial charge < -0.3 is 20.7 Å². The maximum absolute atomic E-state index is 13.2. The van der Waals surface area contributed by atoms with Gasteiger partial charge in [0.15, 0.2) is 11.8 Å². The molecule has 0 fully saturated rings. The summed E-state index contributed by atoms with van der Waals surface area (Å²) in [7, 11) is 1.63. The van der Waals surface area contributed by atoms with Crippen LogP contribution >= 0.6 is 0 Å². The van der Waals surface area contributed by atoms with Gasteiger partial charge in [0.2, 0.25) is 5.91 Å². The van der Waals surface area contributed by atoms with Crippen molar-refractivity contribution in [3.05, 3.63) is 47.3 Å². The number of guanidine groups is 1. The number of hydrogen-bond acceptors (Lipinski definition) is 5. The number of nitrogens with one attached hydrogen (secondary N) is 3. The first-order chi connectivity index (χ1) is 15.1. The Morgan fingerprint density at radius 1 is 1.39 bits per heavy atom. The summed E-state index contributed by atoms with van der Waals surface area (Å²) in [5.74, 6) is 1.89. The first-order valence-electron chi connectivity index (χ1n) is 10.5. The van der Waals surface area contributed by atoms with Crippen LogP contribution in [0.25, 0.3) is 0 Å². The van der Waals surface area contributed by atoms with Gasteiger partial charge in [0, 0.05) is 32.7 Å². The average molecular weight is 432 g/mol. The Labute approximate surface area is 181 Å². The second-order valence-electron chi connectivity index (χ2n) is 7.36. The molecule has 1 aliphatic heterocycles. The molecule has 1 atom stereocenters. The van der Waals surface area contributed by atoms with E-state index >= 15 is 0 Å². The number of hydrogen-bond donors (Lipinski definition) is 3. The van der Waals surface area contributed by atoms with E-state index in [0.29, 0.717) is 43.6 Å². The number of benzene rings is 1. The molecule has 31 heavy (non-hydrogen) atoms. The van der Waals surface area contributed by atoms with E-state index in [9.17, 15) is 9.18 Å². The Bertz CT molecular complexity index is 900. The molecule has 168 valence electrons. The number of aromatic nitrogens is 3. The van der Waals surface area contributed by atoms with Crippen molar-refractivity contribution >= 4 is 11.9 Å². The molecule has 1 aliphatic rings. The summed E-state index contributed by atoms with van der Waals surface area (Å²) in [5, 5.41) is 14.0. The standard InChI is InChI=1S/C21H30FN7O2/c1-3-23-21(25-10-9-24-20(30)12-15-5-4-6-16(22)11-15)26-17-7-8-19-27-18(14-31-2)28-29(19)13-17/h4-6,11,17H,3,7-10,12-14H2,1-2H3,(H,24,30)(H2,23,25,26). The van der Waals surface area contributed by atoms with Crippen molar-refractivity contribution in [2.24, 2.45) is 4.99 Å². The molecule has 3 rings (SSSR count). The number of carbonyl (C=O) groups is 1. The predicted molar refractivity (Wildman–Crippen MR) is 115 cm³/mol. The molecule has 0 saturated heterocycles. The summed E-state index contributed by atoms with van der Waals surface area (Å²) < 4.78 is 20.2. The maximum atomic E-state index is 13.2. The summed E-state index contributed by atoms with van der Waals surface area (Å²) in [6.45, 7) is 4.70. The fourth-order valence-corrected chi connectivity index (χ4v) is 3.44. The largest absolute Gasteiger partial charge is 0.377 e. The lowest BCUT2D eigenvalue weighted by Crippen LogP contribution is -2.47. The van der Waals surface area contributed by atoms with Crippen LogP contribution < -0.4 is 16.0 Å². The molecule has 9 nitrogen and oxygen atoms in total. The van der Waals surface area contributed by atoms with Crippen molar-refractivity contribution in [2.45, 2.75) is 45.4 Å². The molecule has 3 N–H and O–H groups in total. The summed E-state index contributed by atoms with van der Waals surface area (Å²) in [4.78, 5) is 21.1. The fourth-order valence-electron chi connectivity index (χ4n) is 3.44. The number of carbonyl (C=O) groups excluding carboxylic acids is 1. The first-order valence-corrected chi connectivity index (χ1v) is 10.5. The average Bonchev–Trinajstić information content (AvgIpc) is 3.13. The second-order valence-corrected chi connectivity index (χ2v) is 7.36. The number of rotatable bonds is 9. The lowest BCUT2D eigenvalue weighted by atomic mass is 10.1. The van der Waals surface area contributed by atoms with Gasteiger partial charge in [-0.2, -0.15) is 5.10 Å². The highest BCUT2D eigenvalue weighted by atomic mass is 19.1. The van der Waals surface area contributed by atoms with Crippen molar-refractivity contribution in [1.29, 1.82) is 0 Å². The van der Waals surface area contributed by atoms with Gasteiger partial charge in [0.05, 0.1) is 19.5 Å². The van der Waals surface area contributed by atoms with Crippen LogP contribution in [0.3, 0.4) is 0 Å². The van der Waals surface area contributed by atoms with Crippen molar-refractivity contribution < 1.29 is 13.9 Å². The monoisotopic (exact) mass is 431 g/mol. The highest BCUT2D eigenvalue weighted by molar-refractivity contribution is 5.80. The van der Waals surface area contributed by atoms with Crippen molar-refractivity contribution in [1.82, 2.24) is 30.7 Å². The molecule has 1 aromatic heterocycles. The topological polar surface area (TPSA) is 105 Å². The second kappa shape index (κ2) is 11.4. The smallest absolute Gasteiger partial charge is 0.224 e. The minimum absolute atomic E-state index is 0.146. The van der Waals surface area contributed by atoms with Gasteiger partial charge >= 0.3 is 0 Å². The van der Waals surface area contributed by atoms with Crippen molar-refractivity contribution in [2.75, 3.05) is 26.7 Å². The predicted octanol–water partition coefficient (Wildman–Crippen LogP) is 0.792. The number of methoxy groups -OCH3 is 1. The van der Waals surface area contributed by atoms with Gasteiger partial charge in [-0.15, -0.1) is 0 Å². The van der Waals surface area contributed by atoms with Crippen LogP contribution in [0.4, 0.5) is 4.39 Å². The Hall–Kier alpha value is -3.01. The van der Waals surface area contributed by atoms with E-state index in [0.717, 1.165) is 25.2 Å². The molecule has 2 aromatic rings. The molecule has 0 spiro atoms. The Kier molecular flexibility index (Phi) is 8.34. The zero-order valence-electron chi connectivity index (χ0n) is 18.0. The van der Waals surface area contributed by atoms with E-state index in [4.69, 9.17) is 4.74 Å². The zero-order chi connectivity index (χ0) is 22.1. The number of nitrogens with zero attached hydrogens (tertiary/aromatic N) is 4. The van der Waals surface area contributed by atoms with Crippen molar-refractivity contribution in [3.63, 3.8) is 0 Å². The molecule has 1 aromatic carbocycles. The van der Waals surface area contributed by atoms with Gasteiger partial charge in [-0.3, -0.25) is 9.79 Å².